The van der Waals surface area contributed by atoms with Crippen LogP contribution >= 0.6 is 0 Å². The van der Waals surface area contributed by atoms with Crippen molar-refractivity contribution in [3.05, 3.63) is 259 Å². The lowest BCUT2D eigenvalue weighted by Gasteiger charge is -2.33. The molecule has 0 radical (unpaired) electrons. The Balaban J connectivity index is 1.20. The van der Waals surface area contributed by atoms with E-state index in [2.05, 4.69) is 278 Å². The summed E-state index contributed by atoms with van der Waals surface area (Å²) in [7, 11) is 0. The van der Waals surface area contributed by atoms with E-state index in [0.717, 1.165) is 51.2 Å². The quantitative estimate of drug-likeness (QED) is 0.136. The fraction of sp³-hybridized carbons (Fsp3) is 0.0645. The van der Waals surface area contributed by atoms with Gasteiger partial charge in [0, 0.05) is 39.5 Å². The standard InChI is InChI=1S/C62H49N3/c1-44-21-19-34-59-61(44)58-38-36-52(43-60(58)62(59,2)3)65(51-35-37-57-46(39-51)24-20-33-56(57)45-22-9-4-10-23-45)55-41-53(63(47-25-11-5-12-26-47)48-27-13-6-14-28-48)40-54(42-55)64(49-29-15-7-16-30-49)50-31-17-8-18-32-50/h4-43H,1-3H3. The third-order valence-corrected chi connectivity index (χ3v) is 13.1. The maximum Gasteiger partial charge on any atom is 0.0503 e. The molecule has 0 unspecified atom stereocenters. The SMILES string of the molecule is Cc1cccc2c1-c1ccc(N(c3cc(N(c4ccccc4)c4ccccc4)cc(N(c4ccccc4)c4ccccc4)c3)c3ccc4c(-c5ccccc5)cccc4c3)cc1C2(C)C. The second kappa shape index (κ2) is 16.5. The van der Waals surface area contributed by atoms with Gasteiger partial charge in [-0.05, 0) is 148 Å². The Bertz CT molecular complexity index is 3110. The van der Waals surface area contributed by atoms with Gasteiger partial charge in [0.25, 0.3) is 0 Å². The van der Waals surface area contributed by atoms with Gasteiger partial charge in [-0.1, -0.05) is 166 Å². The predicted molar refractivity (Wildman–Crippen MR) is 276 cm³/mol. The minimum atomic E-state index is -0.186. The molecular weight excluding hydrogens is 787 g/mol. The zero-order chi connectivity index (χ0) is 43.9. The first kappa shape index (κ1) is 39.7. The lowest BCUT2D eigenvalue weighted by atomic mass is 9.82. The molecule has 3 nitrogen and oxygen atoms in total. The van der Waals surface area contributed by atoms with Gasteiger partial charge in [-0.15, -0.1) is 0 Å². The number of hydrogen-bond donors (Lipinski definition) is 0. The molecule has 0 saturated heterocycles. The van der Waals surface area contributed by atoms with E-state index in [1.54, 1.807) is 0 Å². The molecule has 0 aromatic heterocycles. The number of hydrogen-bond acceptors (Lipinski definition) is 3. The summed E-state index contributed by atoms with van der Waals surface area (Å²) in [6.45, 7) is 6.99. The number of benzene rings is 10. The molecule has 1 aliphatic carbocycles. The van der Waals surface area contributed by atoms with Gasteiger partial charge >= 0.3 is 0 Å². The van der Waals surface area contributed by atoms with Crippen LogP contribution in [0, 0.1) is 6.92 Å². The first-order valence-electron chi connectivity index (χ1n) is 22.5. The van der Waals surface area contributed by atoms with Crippen molar-refractivity contribution in [1.29, 1.82) is 0 Å². The normalized spacial score (nSPS) is 12.4. The van der Waals surface area contributed by atoms with Crippen LogP contribution in [0.2, 0.25) is 0 Å². The average Bonchev–Trinajstić information content (AvgIpc) is 3.59. The van der Waals surface area contributed by atoms with E-state index in [1.807, 2.05) is 0 Å². The van der Waals surface area contributed by atoms with E-state index < -0.39 is 0 Å². The average molecular weight is 836 g/mol. The third-order valence-electron chi connectivity index (χ3n) is 13.1. The molecule has 65 heavy (non-hydrogen) atoms. The first-order chi connectivity index (χ1) is 31.9. The Labute approximate surface area is 382 Å². The van der Waals surface area contributed by atoms with Gasteiger partial charge in [0.05, 0.1) is 17.1 Å². The topological polar surface area (TPSA) is 9.72 Å². The molecule has 0 N–H and O–H groups in total. The van der Waals surface area contributed by atoms with Crippen molar-refractivity contribution in [2.75, 3.05) is 14.7 Å². The highest BCUT2D eigenvalue weighted by Gasteiger charge is 2.37. The lowest BCUT2D eigenvalue weighted by Crippen LogP contribution is -2.18. The van der Waals surface area contributed by atoms with Crippen LogP contribution < -0.4 is 14.7 Å². The summed E-state index contributed by atoms with van der Waals surface area (Å²) in [6, 6.07) is 88.1. The Morgan fingerprint density at radius 2 is 0.754 bits per heavy atom. The highest BCUT2D eigenvalue weighted by Crippen LogP contribution is 2.53. The highest BCUT2D eigenvalue weighted by atomic mass is 15.2. The summed E-state index contributed by atoms with van der Waals surface area (Å²) in [4.78, 5) is 7.21. The molecule has 0 amide bonds. The minimum absolute atomic E-state index is 0.186. The van der Waals surface area contributed by atoms with Gasteiger partial charge in [0.2, 0.25) is 0 Å². The Hall–Kier alpha value is -8.14. The first-order valence-corrected chi connectivity index (χ1v) is 22.5. The van der Waals surface area contributed by atoms with Gasteiger partial charge in [-0.25, -0.2) is 0 Å². The van der Waals surface area contributed by atoms with Gasteiger partial charge in [-0.2, -0.15) is 0 Å². The molecule has 312 valence electrons. The molecule has 0 aliphatic heterocycles. The van der Waals surface area contributed by atoms with Gasteiger partial charge in [0.1, 0.15) is 0 Å². The predicted octanol–water partition coefficient (Wildman–Crippen LogP) is 17.5. The molecule has 10 aromatic carbocycles. The number of fused-ring (bicyclic) bond motifs is 4. The summed E-state index contributed by atoms with van der Waals surface area (Å²) >= 11 is 0. The fourth-order valence-corrected chi connectivity index (χ4v) is 9.99. The van der Waals surface area contributed by atoms with Crippen LogP contribution in [0.25, 0.3) is 33.0 Å². The molecular formula is C62H49N3. The van der Waals surface area contributed by atoms with Crippen molar-refractivity contribution >= 4 is 62.0 Å². The van der Waals surface area contributed by atoms with Crippen molar-refractivity contribution < 1.29 is 0 Å². The largest absolute Gasteiger partial charge is 0.310 e. The zero-order valence-corrected chi connectivity index (χ0v) is 36.9. The van der Waals surface area contributed by atoms with Crippen LogP contribution in [0.5, 0.6) is 0 Å². The zero-order valence-electron chi connectivity index (χ0n) is 36.9. The van der Waals surface area contributed by atoms with E-state index >= 15 is 0 Å². The van der Waals surface area contributed by atoms with Crippen molar-refractivity contribution in [3.8, 4) is 22.3 Å². The van der Waals surface area contributed by atoms with Gasteiger partial charge in [-0.3, -0.25) is 0 Å². The van der Waals surface area contributed by atoms with Crippen LogP contribution in [0.3, 0.4) is 0 Å². The summed E-state index contributed by atoms with van der Waals surface area (Å²) < 4.78 is 0. The second-order valence-corrected chi connectivity index (χ2v) is 17.5. The Morgan fingerprint density at radius 1 is 0.308 bits per heavy atom. The van der Waals surface area contributed by atoms with E-state index in [0.29, 0.717) is 0 Å². The summed E-state index contributed by atoms with van der Waals surface area (Å²) in [5.41, 5.74) is 18.5. The number of rotatable bonds is 10. The molecule has 1 aliphatic rings. The maximum atomic E-state index is 2.47. The van der Waals surface area contributed by atoms with E-state index in [4.69, 9.17) is 0 Å². The molecule has 0 saturated carbocycles. The molecule has 0 bridgehead atoms. The second-order valence-electron chi connectivity index (χ2n) is 17.5. The minimum Gasteiger partial charge on any atom is -0.310 e. The Kier molecular flexibility index (Phi) is 10.1. The summed E-state index contributed by atoms with van der Waals surface area (Å²) in [5.74, 6) is 0. The van der Waals surface area contributed by atoms with Gasteiger partial charge < -0.3 is 14.7 Å². The fourth-order valence-electron chi connectivity index (χ4n) is 9.99. The van der Waals surface area contributed by atoms with Crippen LogP contribution in [0.4, 0.5) is 51.2 Å². The monoisotopic (exact) mass is 835 g/mol. The van der Waals surface area contributed by atoms with Crippen LogP contribution in [-0.2, 0) is 5.41 Å². The smallest absolute Gasteiger partial charge is 0.0503 e. The van der Waals surface area contributed by atoms with Crippen LogP contribution in [0.1, 0.15) is 30.5 Å². The Morgan fingerprint density at radius 3 is 1.28 bits per heavy atom. The molecule has 10 aromatic rings. The summed E-state index contributed by atoms with van der Waals surface area (Å²) in [5, 5.41) is 2.40. The van der Waals surface area contributed by atoms with Gasteiger partial charge in [0.15, 0.2) is 0 Å². The van der Waals surface area contributed by atoms with E-state index in [9.17, 15) is 0 Å². The van der Waals surface area contributed by atoms with E-state index in [1.165, 1.54) is 49.7 Å². The van der Waals surface area contributed by atoms with Crippen LogP contribution in [0.15, 0.2) is 243 Å². The molecule has 3 heteroatoms. The van der Waals surface area contributed by atoms with Crippen molar-refractivity contribution in [1.82, 2.24) is 0 Å². The molecule has 0 fully saturated rings. The van der Waals surface area contributed by atoms with Crippen molar-refractivity contribution in [2.24, 2.45) is 0 Å². The molecule has 0 spiro atoms. The lowest BCUT2D eigenvalue weighted by molar-refractivity contribution is 0.660. The molecule has 11 rings (SSSR count). The number of aryl methyl sites for hydroxylation is 1. The third kappa shape index (κ3) is 7.22. The van der Waals surface area contributed by atoms with Crippen molar-refractivity contribution in [2.45, 2.75) is 26.2 Å². The molecule has 0 atom stereocenters. The van der Waals surface area contributed by atoms with Crippen molar-refractivity contribution in [3.63, 3.8) is 0 Å². The summed E-state index contributed by atoms with van der Waals surface area (Å²) in [6.07, 6.45) is 0. The number of anilines is 9. The molecule has 0 heterocycles. The maximum absolute atomic E-state index is 2.47. The van der Waals surface area contributed by atoms with E-state index in [-0.39, 0.29) is 5.41 Å². The van der Waals surface area contributed by atoms with Crippen LogP contribution in [-0.4, -0.2) is 0 Å². The number of para-hydroxylation sites is 4. The number of nitrogens with zero attached hydrogens (tertiary/aromatic N) is 3. The highest BCUT2D eigenvalue weighted by molar-refractivity contribution is 6.00.